The number of hydrogen-bond acceptors (Lipinski definition) is 4. The Hall–Kier alpha value is -2.78. The second-order valence-electron chi connectivity index (χ2n) is 3.91. The molecule has 0 radical (unpaired) electrons. The lowest BCUT2D eigenvalue weighted by molar-refractivity contribution is -0.741. The Morgan fingerprint density at radius 2 is 1.95 bits per heavy atom. The van der Waals surface area contributed by atoms with Crippen LogP contribution in [0.4, 0.5) is 18.9 Å². The molecule has 2 rings (SSSR count). The molecule has 0 atom stereocenters. The summed E-state index contributed by atoms with van der Waals surface area (Å²) in [6.45, 7) is 0. The van der Waals surface area contributed by atoms with Gasteiger partial charge in [-0.3, -0.25) is 9.32 Å². The first-order valence-electron chi connectivity index (χ1n) is 5.51. The van der Waals surface area contributed by atoms with E-state index in [0.717, 1.165) is 16.8 Å². The van der Waals surface area contributed by atoms with E-state index >= 15 is 0 Å². The number of halogens is 3. The molecule has 1 amide bonds. The summed E-state index contributed by atoms with van der Waals surface area (Å²) in [5.74, 6) is -1.19. The molecule has 0 aliphatic rings. The van der Waals surface area contributed by atoms with Gasteiger partial charge in [-0.05, 0) is 29.5 Å². The third kappa shape index (κ3) is 3.61. The van der Waals surface area contributed by atoms with Crippen molar-refractivity contribution in [1.29, 1.82) is 0 Å². The number of H-pyrrole nitrogens is 1. The zero-order valence-electron chi connectivity index (χ0n) is 10.5. The maximum absolute atomic E-state index is 12.0. The summed E-state index contributed by atoms with van der Waals surface area (Å²) in [5.41, 5.74) is -0.965. The van der Waals surface area contributed by atoms with Gasteiger partial charge in [-0.2, -0.15) is 0 Å². The lowest BCUT2D eigenvalue weighted by Gasteiger charge is -2.09. The summed E-state index contributed by atoms with van der Waals surface area (Å²) < 4.78 is 45.1. The number of carbonyl (C=O) groups is 1. The van der Waals surface area contributed by atoms with Crippen LogP contribution in [0.25, 0.3) is 0 Å². The number of amides is 1. The van der Waals surface area contributed by atoms with E-state index in [-0.39, 0.29) is 11.4 Å². The van der Waals surface area contributed by atoms with Gasteiger partial charge >= 0.3 is 23.6 Å². The van der Waals surface area contributed by atoms with E-state index in [4.69, 9.17) is 0 Å². The van der Waals surface area contributed by atoms with Crippen LogP contribution >= 0.6 is 0 Å². The van der Waals surface area contributed by atoms with Crippen LogP contribution < -0.4 is 20.4 Å². The lowest BCUT2D eigenvalue weighted by atomic mass is 10.3. The number of aromatic nitrogens is 2. The van der Waals surface area contributed by atoms with Crippen LogP contribution in [0.15, 0.2) is 33.6 Å². The minimum Gasteiger partial charge on any atom is -0.406 e. The summed E-state index contributed by atoms with van der Waals surface area (Å²) in [4.78, 5) is 23.1. The van der Waals surface area contributed by atoms with Crippen LogP contribution in [-0.2, 0) is 7.05 Å². The molecule has 0 spiro atoms. The molecule has 2 aromatic rings. The summed E-state index contributed by atoms with van der Waals surface area (Å²) in [5, 5.41) is 4.50. The third-order valence-electron chi connectivity index (χ3n) is 2.36. The molecule has 112 valence electrons. The molecule has 1 aromatic carbocycles. The van der Waals surface area contributed by atoms with Gasteiger partial charge in [0.25, 0.3) is 0 Å². The largest absolute Gasteiger partial charge is 0.573 e. The van der Waals surface area contributed by atoms with Gasteiger partial charge in [0.05, 0.1) is 0 Å². The summed E-state index contributed by atoms with van der Waals surface area (Å²) >= 11 is 0. The van der Waals surface area contributed by atoms with Crippen LogP contribution in [0.3, 0.4) is 0 Å². The first-order chi connectivity index (χ1) is 9.76. The highest BCUT2D eigenvalue weighted by molar-refractivity contribution is 6.01. The van der Waals surface area contributed by atoms with Gasteiger partial charge in [0.1, 0.15) is 5.75 Å². The Kier molecular flexibility index (Phi) is 3.70. The number of alkyl halides is 3. The SMILES string of the molecule is C[n+]1[nH]oc(=O)c1C(=O)Nc1ccc(OC(F)(F)F)cc1. The average Bonchev–Trinajstić information content (AvgIpc) is 2.70. The monoisotopic (exact) mass is 304 g/mol. The molecule has 0 bridgehead atoms. The molecule has 7 nitrogen and oxygen atoms in total. The van der Waals surface area contributed by atoms with E-state index in [1.807, 2.05) is 0 Å². The fourth-order valence-electron chi connectivity index (χ4n) is 1.52. The van der Waals surface area contributed by atoms with Gasteiger partial charge in [0.15, 0.2) is 7.05 Å². The Bertz CT molecular complexity index is 703. The van der Waals surface area contributed by atoms with Crippen LogP contribution in [0, 0.1) is 0 Å². The first-order valence-corrected chi connectivity index (χ1v) is 5.51. The van der Waals surface area contributed by atoms with Crippen LogP contribution in [0.5, 0.6) is 5.75 Å². The number of hydrogen-bond donors (Lipinski definition) is 2. The molecule has 0 saturated carbocycles. The van der Waals surface area contributed by atoms with E-state index in [1.54, 1.807) is 0 Å². The van der Waals surface area contributed by atoms with E-state index in [2.05, 4.69) is 19.8 Å². The molecule has 1 heterocycles. The third-order valence-corrected chi connectivity index (χ3v) is 2.36. The topological polar surface area (TPSA) is 88.2 Å². The van der Waals surface area contributed by atoms with Crippen molar-refractivity contribution in [3.05, 3.63) is 40.4 Å². The maximum Gasteiger partial charge on any atom is 0.573 e. The Morgan fingerprint density at radius 1 is 1.33 bits per heavy atom. The van der Waals surface area contributed by atoms with Gasteiger partial charge in [-0.1, -0.05) is 4.68 Å². The van der Waals surface area contributed by atoms with Gasteiger partial charge in [-0.25, -0.2) is 4.79 Å². The standard InChI is InChI=1S/C11H8F3N3O4/c1-17-8(10(19)21-16-17)9(18)15-6-2-4-7(5-3-6)20-11(12,13)14/h2-5H,1H3,(H-,15,16,18,19)/p+1. The lowest BCUT2D eigenvalue weighted by Crippen LogP contribution is -2.41. The zero-order valence-corrected chi connectivity index (χ0v) is 10.5. The highest BCUT2D eigenvalue weighted by Crippen LogP contribution is 2.23. The normalized spacial score (nSPS) is 11.2. The number of nitrogens with one attached hydrogen (secondary N) is 2. The average molecular weight is 304 g/mol. The van der Waals surface area contributed by atoms with Gasteiger partial charge in [0.2, 0.25) is 0 Å². The van der Waals surface area contributed by atoms with E-state index in [1.165, 1.54) is 19.2 Å². The predicted molar refractivity (Wildman–Crippen MR) is 61.6 cm³/mol. The number of benzene rings is 1. The number of rotatable bonds is 3. The number of ether oxygens (including phenoxy) is 1. The quantitative estimate of drug-likeness (QED) is 0.826. The first kappa shape index (κ1) is 14.6. The number of aryl methyl sites for hydroxylation is 1. The second-order valence-corrected chi connectivity index (χ2v) is 3.91. The smallest absolute Gasteiger partial charge is 0.406 e. The van der Waals surface area contributed by atoms with Crippen molar-refractivity contribution in [3.63, 3.8) is 0 Å². The molecule has 0 saturated heterocycles. The minimum atomic E-state index is -4.79. The Labute approximate surface area is 114 Å². The van der Waals surface area contributed by atoms with E-state index in [9.17, 15) is 22.8 Å². The minimum absolute atomic E-state index is 0.190. The van der Waals surface area contributed by atoms with Crippen molar-refractivity contribution in [2.75, 3.05) is 5.32 Å². The molecule has 0 fully saturated rings. The summed E-state index contributed by atoms with van der Waals surface area (Å²) in [6.07, 6.45) is -4.79. The predicted octanol–water partition coefficient (Wildman–Crippen LogP) is 0.943. The van der Waals surface area contributed by atoms with Crippen molar-refractivity contribution in [2.24, 2.45) is 7.05 Å². The fourth-order valence-corrected chi connectivity index (χ4v) is 1.52. The van der Waals surface area contributed by atoms with Crippen LogP contribution in [0.2, 0.25) is 0 Å². The zero-order chi connectivity index (χ0) is 15.6. The molecule has 10 heteroatoms. The van der Waals surface area contributed by atoms with Crippen molar-refractivity contribution < 1.29 is 31.9 Å². The molecule has 0 aliphatic heterocycles. The van der Waals surface area contributed by atoms with Crippen LogP contribution in [-0.4, -0.2) is 17.5 Å². The van der Waals surface area contributed by atoms with Gasteiger partial charge < -0.3 is 10.1 Å². The summed E-state index contributed by atoms with van der Waals surface area (Å²) in [7, 11) is 1.39. The molecule has 2 N–H and O–H groups in total. The molecule has 0 unspecified atom stereocenters. The highest BCUT2D eigenvalue weighted by atomic mass is 19.4. The molecular weight excluding hydrogens is 295 g/mol. The molecule has 21 heavy (non-hydrogen) atoms. The van der Waals surface area contributed by atoms with Gasteiger partial charge in [-0.15, -0.1) is 13.2 Å². The molecule has 0 aliphatic carbocycles. The van der Waals surface area contributed by atoms with Crippen molar-refractivity contribution in [3.8, 4) is 5.75 Å². The van der Waals surface area contributed by atoms with E-state index in [0.29, 0.717) is 0 Å². The number of nitrogens with zero attached hydrogens (tertiary/aromatic N) is 1. The number of carbonyl (C=O) groups excluding carboxylic acids is 1. The van der Waals surface area contributed by atoms with Crippen molar-refractivity contribution >= 4 is 11.6 Å². The van der Waals surface area contributed by atoms with Gasteiger partial charge in [0, 0.05) is 5.69 Å². The van der Waals surface area contributed by atoms with Crippen molar-refractivity contribution in [1.82, 2.24) is 5.27 Å². The van der Waals surface area contributed by atoms with E-state index < -0.39 is 23.6 Å². The number of anilines is 1. The Morgan fingerprint density at radius 3 is 2.43 bits per heavy atom. The number of aromatic amines is 1. The molecule has 1 aromatic heterocycles. The van der Waals surface area contributed by atoms with Crippen LogP contribution in [0.1, 0.15) is 10.5 Å². The van der Waals surface area contributed by atoms with Crippen molar-refractivity contribution in [2.45, 2.75) is 6.36 Å². The maximum atomic E-state index is 12.0. The molecular formula is C11H9F3N3O4+. The summed E-state index contributed by atoms with van der Waals surface area (Å²) in [6, 6.07) is 4.46. The Balaban J connectivity index is 2.11. The highest BCUT2D eigenvalue weighted by Gasteiger charge is 2.31. The second kappa shape index (κ2) is 5.31. The fraction of sp³-hybridized carbons (Fsp3) is 0.182.